The van der Waals surface area contributed by atoms with Gasteiger partial charge in [0, 0.05) is 5.56 Å². The lowest BCUT2D eigenvalue weighted by atomic mass is 10.0. The minimum Gasteiger partial charge on any atom is -0.497 e. The molecule has 0 saturated heterocycles. The first-order valence-corrected chi connectivity index (χ1v) is 11.7. The van der Waals surface area contributed by atoms with Crippen molar-refractivity contribution in [1.29, 1.82) is 0 Å². The predicted octanol–water partition coefficient (Wildman–Crippen LogP) is 5.33. The Hall–Kier alpha value is -3.62. The number of hydrogen-bond acceptors (Lipinski definition) is 6. The van der Waals surface area contributed by atoms with Gasteiger partial charge in [0.25, 0.3) is 0 Å². The van der Waals surface area contributed by atoms with Crippen molar-refractivity contribution >= 4 is 10.0 Å². The molecule has 170 valence electrons. The third-order valence-electron chi connectivity index (χ3n) is 5.31. The van der Waals surface area contributed by atoms with Gasteiger partial charge < -0.3 is 14.0 Å². The van der Waals surface area contributed by atoms with Gasteiger partial charge >= 0.3 is 0 Å². The minimum atomic E-state index is -3.80. The Morgan fingerprint density at radius 3 is 2.24 bits per heavy atom. The van der Waals surface area contributed by atoms with E-state index in [2.05, 4.69) is 9.88 Å². The van der Waals surface area contributed by atoms with Crippen molar-refractivity contribution in [2.45, 2.75) is 18.7 Å². The molecule has 0 aliphatic carbocycles. The van der Waals surface area contributed by atoms with Gasteiger partial charge in [0.1, 0.15) is 27.9 Å². The number of nitrogens with one attached hydrogen (secondary N) is 1. The van der Waals surface area contributed by atoms with Crippen LogP contribution < -0.4 is 14.2 Å². The number of aryl methyl sites for hydroxylation is 2. The van der Waals surface area contributed by atoms with Crippen LogP contribution in [0.4, 0.5) is 0 Å². The van der Waals surface area contributed by atoms with Crippen LogP contribution in [0.15, 0.2) is 76.1 Å². The van der Waals surface area contributed by atoms with E-state index in [1.54, 1.807) is 38.3 Å². The number of ether oxygens (including phenoxy) is 2. The van der Waals surface area contributed by atoms with Crippen LogP contribution in [0, 0.1) is 13.8 Å². The smallest absolute Gasteiger partial charge is 0.244 e. The predicted molar refractivity (Wildman–Crippen MR) is 126 cm³/mol. The molecule has 7 nitrogen and oxygen atoms in total. The Labute approximate surface area is 193 Å². The molecule has 0 radical (unpaired) electrons. The van der Waals surface area contributed by atoms with Crippen LogP contribution in [0.1, 0.15) is 11.5 Å². The number of aromatic nitrogens is 1. The lowest BCUT2D eigenvalue weighted by molar-refractivity contribution is 0.393. The SMILES string of the molecule is CNS(=O)(=O)c1cc(-c2c(C)noc2C)ccc1Oc1cccc(-c2ccc(OC)cc2)c1. The van der Waals surface area contributed by atoms with Crippen molar-refractivity contribution in [3.05, 3.63) is 78.2 Å². The van der Waals surface area contributed by atoms with Crippen molar-refractivity contribution in [1.82, 2.24) is 9.88 Å². The van der Waals surface area contributed by atoms with E-state index in [0.717, 1.165) is 22.4 Å². The zero-order valence-corrected chi connectivity index (χ0v) is 19.6. The van der Waals surface area contributed by atoms with Crippen LogP contribution in [0.3, 0.4) is 0 Å². The summed E-state index contributed by atoms with van der Waals surface area (Å²) in [5.41, 5.74) is 4.04. The molecule has 0 atom stereocenters. The zero-order chi connectivity index (χ0) is 23.6. The van der Waals surface area contributed by atoms with Gasteiger partial charge in [-0.25, -0.2) is 13.1 Å². The summed E-state index contributed by atoms with van der Waals surface area (Å²) in [6.07, 6.45) is 0. The fourth-order valence-corrected chi connectivity index (χ4v) is 4.49. The number of hydrogen-bond donors (Lipinski definition) is 1. The Bertz CT molecular complexity index is 1370. The summed E-state index contributed by atoms with van der Waals surface area (Å²) in [5, 5.41) is 3.96. The number of rotatable bonds is 7. The van der Waals surface area contributed by atoms with Crippen molar-refractivity contribution in [2.75, 3.05) is 14.2 Å². The van der Waals surface area contributed by atoms with Gasteiger partial charge in [-0.2, -0.15) is 0 Å². The topological polar surface area (TPSA) is 90.7 Å². The highest BCUT2D eigenvalue weighted by molar-refractivity contribution is 7.89. The van der Waals surface area contributed by atoms with Crippen LogP contribution in [0.2, 0.25) is 0 Å². The Balaban J connectivity index is 1.73. The molecule has 3 aromatic carbocycles. The largest absolute Gasteiger partial charge is 0.497 e. The maximum atomic E-state index is 12.8. The monoisotopic (exact) mass is 464 g/mol. The molecule has 0 aliphatic heterocycles. The Kier molecular flexibility index (Phi) is 6.22. The van der Waals surface area contributed by atoms with E-state index in [1.165, 1.54) is 7.05 Å². The number of nitrogens with zero attached hydrogens (tertiary/aromatic N) is 1. The molecule has 4 aromatic rings. The molecule has 0 aliphatic rings. The molecule has 0 bridgehead atoms. The molecule has 0 fully saturated rings. The van der Waals surface area contributed by atoms with Crippen LogP contribution in [0.5, 0.6) is 17.2 Å². The summed E-state index contributed by atoms with van der Waals surface area (Å²) in [7, 11) is -0.809. The van der Waals surface area contributed by atoms with E-state index in [0.29, 0.717) is 22.8 Å². The molecular weight excluding hydrogens is 440 g/mol. The van der Waals surface area contributed by atoms with Gasteiger partial charge in [-0.05, 0) is 74.0 Å². The van der Waals surface area contributed by atoms with E-state index < -0.39 is 10.0 Å². The zero-order valence-electron chi connectivity index (χ0n) is 18.7. The molecule has 4 rings (SSSR count). The third kappa shape index (κ3) is 4.62. The van der Waals surface area contributed by atoms with Gasteiger partial charge in [0.2, 0.25) is 10.0 Å². The van der Waals surface area contributed by atoms with E-state index in [4.69, 9.17) is 14.0 Å². The van der Waals surface area contributed by atoms with Crippen molar-refractivity contribution < 1.29 is 22.4 Å². The summed E-state index contributed by atoms with van der Waals surface area (Å²) in [5.74, 6) is 2.11. The molecule has 8 heteroatoms. The van der Waals surface area contributed by atoms with Crippen LogP contribution in [-0.4, -0.2) is 27.7 Å². The second-order valence-corrected chi connectivity index (χ2v) is 9.28. The van der Waals surface area contributed by atoms with E-state index in [-0.39, 0.29) is 10.6 Å². The van der Waals surface area contributed by atoms with Crippen LogP contribution >= 0.6 is 0 Å². The maximum absolute atomic E-state index is 12.8. The molecule has 1 N–H and O–H groups in total. The van der Waals surface area contributed by atoms with Gasteiger partial charge in [-0.15, -0.1) is 0 Å². The fourth-order valence-electron chi connectivity index (χ4n) is 3.61. The number of methoxy groups -OCH3 is 1. The van der Waals surface area contributed by atoms with Crippen molar-refractivity contribution in [2.24, 2.45) is 0 Å². The molecule has 33 heavy (non-hydrogen) atoms. The average Bonchev–Trinajstić information content (AvgIpc) is 3.17. The third-order valence-corrected chi connectivity index (χ3v) is 6.74. The summed E-state index contributed by atoms with van der Waals surface area (Å²) in [6.45, 7) is 3.60. The molecule has 1 heterocycles. The fraction of sp³-hybridized carbons (Fsp3) is 0.160. The Morgan fingerprint density at radius 2 is 1.61 bits per heavy atom. The highest BCUT2D eigenvalue weighted by atomic mass is 32.2. The lowest BCUT2D eigenvalue weighted by Gasteiger charge is -2.14. The summed E-state index contributed by atoms with van der Waals surface area (Å²) < 4.78 is 44.5. The van der Waals surface area contributed by atoms with Gasteiger partial charge in [-0.3, -0.25) is 0 Å². The second kappa shape index (κ2) is 9.09. The van der Waals surface area contributed by atoms with Gasteiger partial charge in [0.15, 0.2) is 0 Å². The van der Waals surface area contributed by atoms with Crippen molar-refractivity contribution in [3.63, 3.8) is 0 Å². The summed E-state index contributed by atoms with van der Waals surface area (Å²) in [4.78, 5) is 0.0253. The van der Waals surface area contributed by atoms with E-state index in [1.807, 2.05) is 49.4 Å². The second-order valence-electron chi connectivity index (χ2n) is 7.43. The average molecular weight is 465 g/mol. The van der Waals surface area contributed by atoms with Crippen LogP contribution in [-0.2, 0) is 10.0 Å². The van der Waals surface area contributed by atoms with Gasteiger partial charge in [-0.1, -0.05) is 35.5 Å². The molecule has 0 saturated carbocycles. The Morgan fingerprint density at radius 1 is 0.879 bits per heavy atom. The number of benzene rings is 3. The molecule has 0 spiro atoms. The lowest BCUT2D eigenvalue weighted by Crippen LogP contribution is -2.19. The molecular formula is C25H24N2O5S. The molecule has 0 unspecified atom stereocenters. The first-order valence-electron chi connectivity index (χ1n) is 10.3. The highest BCUT2D eigenvalue weighted by Crippen LogP contribution is 2.36. The maximum Gasteiger partial charge on any atom is 0.244 e. The van der Waals surface area contributed by atoms with E-state index in [9.17, 15) is 8.42 Å². The van der Waals surface area contributed by atoms with Gasteiger partial charge in [0.05, 0.1) is 12.8 Å². The first kappa shape index (κ1) is 22.6. The highest BCUT2D eigenvalue weighted by Gasteiger charge is 2.22. The normalized spacial score (nSPS) is 11.4. The first-order chi connectivity index (χ1) is 15.8. The molecule has 1 aromatic heterocycles. The summed E-state index contributed by atoms with van der Waals surface area (Å²) in [6, 6.07) is 20.1. The summed E-state index contributed by atoms with van der Waals surface area (Å²) >= 11 is 0. The van der Waals surface area contributed by atoms with E-state index >= 15 is 0 Å². The minimum absolute atomic E-state index is 0.0253. The number of sulfonamides is 1. The molecule has 0 amide bonds. The standard InChI is InChI=1S/C25H24N2O5S/c1-16-25(17(2)32-27-16)20-10-13-23(24(15-20)33(28,29)26-3)31-22-7-5-6-19(14-22)18-8-11-21(30-4)12-9-18/h5-15,26H,1-4H3. The van der Waals surface area contributed by atoms with Crippen molar-refractivity contribution in [3.8, 4) is 39.5 Å². The quantitative estimate of drug-likeness (QED) is 0.397. The van der Waals surface area contributed by atoms with Crippen LogP contribution in [0.25, 0.3) is 22.3 Å².